The second-order valence-electron chi connectivity index (χ2n) is 5.81. The molecule has 26 heavy (non-hydrogen) atoms. The molecule has 0 aliphatic rings. The van der Waals surface area contributed by atoms with E-state index in [0.717, 1.165) is 28.1 Å². The Bertz CT molecular complexity index is 886. The number of methoxy groups -OCH3 is 1. The Hall–Kier alpha value is -2.80. The predicted molar refractivity (Wildman–Crippen MR) is 102 cm³/mol. The molecule has 1 aromatic heterocycles. The van der Waals surface area contributed by atoms with Crippen LogP contribution in [0.1, 0.15) is 11.1 Å². The number of hydrogen-bond donors (Lipinski definition) is 1. The highest BCUT2D eigenvalue weighted by molar-refractivity contribution is 7.99. The minimum Gasteiger partial charge on any atom is -0.497 e. The normalized spacial score (nSPS) is 10.6. The van der Waals surface area contributed by atoms with Crippen LogP contribution in [0.2, 0.25) is 0 Å². The van der Waals surface area contributed by atoms with Gasteiger partial charge in [-0.1, -0.05) is 17.8 Å². The molecule has 1 N–H and O–H groups in total. The Morgan fingerprint density at radius 1 is 1.12 bits per heavy atom. The highest BCUT2D eigenvalue weighted by Crippen LogP contribution is 2.25. The SMILES string of the molecule is COc1ccc(-c2nnc(SCC(=O)Nc3cc(C)cc(C)c3)o2)cc1. The van der Waals surface area contributed by atoms with Crippen LogP contribution in [-0.2, 0) is 4.79 Å². The molecule has 0 fully saturated rings. The molecule has 0 aliphatic heterocycles. The summed E-state index contributed by atoms with van der Waals surface area (Å²) in [6.07, 6.45) is 0. The summed E-state index contributed by atoms with van der Waals surface area (Å²) in [6, 6.07) is 13.3. The Balaban J connectivity index is 1.57. The van der Waals surface area contributed by atoms with Crippen LogP contribution >= 0.6 is 11.8 Å². The summed E-state index contributed by atoms with van der Waals surface area (Å²) in [5.41, 5.74) is 3.80. The van der Waals surface area contributed by atoms with E-state index in [2.05, 4.69) is 21.6 Å². The van der Waals surface area contributed by atoms with Gasteiger partial charge in [0.2, 0.25) is 11.8 Å². The van der Waals surface area contributed by atoms with Gasteiger partial charge in [0.05, 0.1) is 12.9 Å². The number of ether oxygens (including phenoxy) is 1. The summed E-state index contributed by atoms with van der Waals surface area (Å²) >= 11 is 1.20. The lowest BCUT2D eigenvalue weighted by Gasteiger charge is -2.06. The molecule has 0 saturated heterocycles. The molecule has 6 nitrogen and oxygen atoms in total. The van der Waals surface area contributed by atoms with Crippen LogP contribution in [0.4, 0.5) is 5.69 Å². The fourth-order valence-corrected chi connectivity index (χ4v) is 3.05. The quantitative estimate of drug-likeness (QED) is 0.660. The Morgan fingerprint density at radius 3 is 2.46 bits per heavy atom. The van der Waals surface area contributed by atoms with Crippen molar-refractivity contribution in [2.24, 2.45) is 0 Å². The fraction of sp³-hybridized carbons (Fsp3) is 0.211. The molecule has 134 valence electrons. The molecule has 3 aromatic rings. The van der Waals surface area contributed by atoms with Crippen molar-refractivity contribution >= 4 is 23.4 Å². The van der Waals surface area contributed by atoms with Gasteiger partial charge in [-0.05, 0) is 61.4 Å². The van der Waals surface area contributed by atoms with E-state index in [1.165, 1.54) is 11.8 Å². The summed E-state index contributed by atoms with van der Waals surface area (Å²) in [5, 5.41) is 11.2. The number of nitrogens with one attached hydrogen (secondary N) is 1. The number of hydrogen-bond acceptors (Lipinski definition) is 6. The molecule has 0 aliphatic carbocycles. The lowest BCUT2D eigenvalue weighted by molar-refractivity contribution is -0.113. The van der Waals surface area contributed by atoms with E-state index >= 15 is 0 Å². The summed E-state index contributed by atoms with van der Waals surface area (Å²) < 4.78 is 10.7. The molecule has 2 aromatic carbocycles. The topological polar surface area (TPSA) is 77.2 Å². The Morgan fingerprint density at radius 2 is 1.81 bits per heavy atom. The van der Waals surface area contributed by atoms with E-state index < -0.39 is 0 Å². The predicted octanol–water partition coefficient (Wildman–Crippen LogP) is 4.09. The summed E-state index contributed by atoms with van der Waals surface area (Å²) in [4.78, 5) is 12.1. The molecule has 1 heterocycles. The number of benzene rings is 2. The zero-order valence-corrected chi connectivity index (χ0v) is 15.6. The highest BCUT2D eigenvalue weighted by Gasteiger charge is 2.12. The molecule has 0 bridgehead atoms. The van der Waals surface area contributed by atoms with Crippen LogP contribution in [0.25, 0.3) is 11.5 Å². The minimum absolute atomic E-state index is 0.121. The first-order valence-electron chi connectivity index (χ1n) is 8.02. The van der Waals surface area contributed by atoms with Gasteiger partial charge in [-0.25, -0.2) is 0 Å². The monoisotopic (exact) mass is 369 g/mol. The average Bonchev–Trinajstić information content (AvgIpc) is 3.08. The summed E-state index contributed by atoms with van der Waals surface area (Å²) in [7, 11) is 1.61. The first-order valence-corrected chi connectivity index (χ1v) is 9.01. The van der Waals surface area contributed by atoms with Crippen molar-refractivity contribution in [3.05, 3.63) is 53.6 Å². The van der Waals surface area contributed by atoms with Gasteiger partial charge in [0, 0.05) is 11.3 Å². The molecular weight excluding hydrogens is 350 g/mol. The summed E-state index contributed by atoms with van der Waals surface area (Å²) in [5.74, 6) is 1.23. The van der Waals surface area contributed by atoms with Gasteiger partial charge in [-0.15, -0.1) is 10.2 Å². The lowest BCUT2D eigenvalue weighted by atomic mass is 10.1. The minimum atomic E-state index is -0.121. The average molecular weight is 369 g/mol. The van der Waals surface area contributed by atoms with Gasteiger partial charge in [0.15, 0.2) is 0 Å². The van der Waals surface area contributed by atoms with E-state index in [1.54, 1.807) is 7.11 Å². The van der Waals surface area contributed by atoms with Crippen molar-refractivity contribution in [2.75, 3.05) is 18.2 Å². The second kappa shape index (κ2) is 8.05. The van der Waals surface area contributed by atoms with Crippen LogP contribution < -0.4 is 10.1 Å². The number of amides is 1. The molecule has 1 amide bonds. The highest BCUT2D eigenvalue weighted by atomic mass is 32.2. The van der Waals surface area contributed by atoms with Crippen LogP contribution in [0.15, 0.2) is 52.1 Å². The van der Waals surface area contributed by atoms with Crippen LogP contribution in [-0.4, -0.2) is 29.0 Å². The van der Waals surface area contributed by atoms with Crippen molar-refractivity contribution in [2.45, 2.75) is 19.1 Å². The number of anilines is 1. The maximum Gasteiger partial charge on any atom is 0.277 e. The zero-order chi connectivity index (χ0) is 18.5. The van der Waals surface area contributed by atoms with Crippen molar-refractivity contribution in [1.29, 1.82) is 0 Å². The van der Waals surface area contributed by atoms with Crippen molar-refractivity contribution < 1.29 is 13.9 Å². The van der Waals surface area contributed by atoms with Gasteiger partial charge in [0.1, 0.15) is 5.75 Å². The molecular formula is C19H19N3O3S. The molecule has 0 radical (unpaired) electrons. The Labute approximate surface area is 156 Å². The molecule has 7 heteroatoms. The number of thioether (sulfide) groups is 1. The smallest absolute Gasteiger partial charge is 0.277 e. The maximum atomic E-state index is 12.1. The van der Waals surface area contributed by atoms with Crippen LogP contribution in [0.5, 0.6) is 5.75 Å². The standard InChI is InChI=1S/C19H19N3O3S/c1-12-8-13(2)10-15(9-12)20-17(23)11-26-19-22-21-18(25-19)14-4-6-16(24-3)7-5-14/h4-10H,11H2,1-3H3,(H,20,23). The zero-order valence-electron chi connectivity index (χ0n) is 14.8. The number of aromatic nitrogens is 2. The van der Waals surface area contributed by atoms with Gasteiger partial charge in [-0.2, -0.15) is 0 Å². The van der Waals surface area contributed by atoms with Crippen molar-refractivity contribution in [3.8, 4) is 17.2 Å². The Kier molecular flexibility index (Phi) is 5.58. The number of carbonyl (C=O) groups is 1. The fourth-order valence-electron chi connectivity index (χ4n) is 2.49. The van der Waals surface area contributed by atoms with E-state index in [-0.39, 0.29) is 11.7 Å². The van der Waals surface area contributed by atoms with Crippen LogP contribution in [0.3, 0.4) is 0 Å². The summed E-state index contributed by atoms with van der Waals surface area (Å²) in [6.45, 7) is 3.99. The number of nitrogens with zero attached hydrogens (tertiary/aromatic N) is 2. The van der Waals surface area contributed by atoms with E-state index in [1.807, 2.05) is 50.2 Å². The molecule has 3 rings (SSSR count). The first-order chi connectivity index (χ1) is 12.5. The molecule has 0 saturated carbocycles. The molecule has 0 atom stereocenters. The maximum absolute atomic E-state index is 12.1. The third kappa shape index (κ3) is 4.64. The largest absolute Gasteiger partial charge is 0.497 e. The van der Waals surface area contributed by atoms with E-state index in [4.69, 9.17) is 9.15 Å². The second-order valence-corrected chi connectivity index (χ2v) is 6.74. The molecule has 0 spiro atoms. The number of carbonyl (C=O) groups excluding carboxylic acids is 1. The van der Waals surface area contributed by atoms with Gasteiger partial charge < -0.3 is 14.5 Å². The first kappa shape index (κ1) is 18.0. The van der Waals surface area contributed by atoms with Crippen molar-refractivity contribution in [1.82, 2.24) is 10.2 Å². The van der Waals surface area contributed by atoms with E-state index in [9.17, 15) is 4.79 Å². The lowest BCUT2D eigenvalue weighted by Crippen LogP contribution is -2.14. The number of rotatable bonds is 6. The third-order valence-corrected chi connectivity index (χ3v) is 4.39. The van der Waals surface area contributed by atoms with Crippen LogP contribution in [0, 0.1) is 13.8 Å². The van der Waals surface area contributed by atoms with Gasteiger partial charge >= 0.3 is 0 Å². The molecule has 0 unspecified atom stereocenters. The van der Waals surface area contributed by atoms with Gasteiger partial charge in [-0.3, -0.25) is 4.79 Å². The van der Waals surface area contributed by atoms with Crippen molar-refractivity contribution in [3.63, 3.8) is 0 Å². The third-order valence-electron chi connectivity index (χ3n) is 3.58. The van der Waals surface area contributed by atoms with E-state index in [0.29, 0.717) is 11.1 Å². The van der Waals surface area contributed by atoms with Gasteiger partial charge in [0.25, 0.3) is 5.22 Å². The number of aryl methyl sites for hydroxylation is 2.